The average molecular weight is 402 g/mol. The van der Waals surface area contributed by atoms with E-state index in [9.17, 15) is 9.59 Å². The third-order valence-corrected chi connectivity index (χ3v) is 6.95. The lowest BCUT2D eigenvalue weighted by atomic mass is 9.80. The number of likely N-dealkylation sites (tertiary alicyclic amines) is 1. The van der Waals surface area contributed by atoms with Crippen molar-refractivity contribution in [2.45, 2.75) is 30.7 Å². The number of carbonyl (C=O) groups excluding carboxylic acids is 2. The van der Waals surface area contributed by atoms with Crippen LogP contribution in [0.15, 0.2) is 41.1 Å². The first-order valence-electron chi connectivity index (χ1n) is 10.0. The molecule has 2 amide bonds. The van der Waals surface area contributed by atoms with Gasteiger partial charge in [0.05, 0.1) is 29.4 Å². The van der Waals surface area contributed by atoms with Crippen LogP contribution in [0.25, 0.3) is 0 Å². The van der Waals surface area contributed by atoms with E-state index in [0.29, 0.717) is 38.6 Å². The summed E-state index contributed by atoms with van der Waals surface area (Å²) in [6, 6.07) is 5.68. The fourth-order valence-corrected chi connectivity index (χ4v) is 5.11. The van der Waals surface area contributed by atoms with E-state index in [1.165, 1.54) is 30.2 Å². The smallest absolute Gasteiger partial charge is 0.233 e. The lowest BCUT2D eigenvalue weighted by Crippen LogP contribution is -2.47. The number of aromatic nitrogens is 1. The highest BCUT2D eigenvalue weighted by molar-refractivity contribution is 7.99. The van der Waals surface area contributed by atoms with Crippen molar-refractivity contribution in [3.8, 4) is 0 Å². The minimum Gasteiger partial charge on any atom is -0.380 e. The number of fused-ring (bicyclic) bond motifs is 1. The van der Waals surface area contributed by atoms with Crippen LogP contribution in [0, 0.1) is 11.3 Å². The average Bonchev–Trinajstić information content (AvgIpc) is 3.30. The second-order valence-electron chi connectivity index (χ2n) is 7.89. The highest BCUT2D eigenvalue weighted by atomic mass is 32.2. The van der Waals surface area contributed by atoms with Gasteiger partial charge in [-0.3, -0.25) is 9.59 Å². The first-order valence-corrected chi connectivity index (χ1v) is 11.0. The first-order chi connectivity index (χ1) is 13.7. The van der Waals surface area contributed by atoms with E-state index < -0.39 is 5.41 Å². The zero-order valence-electron chi connectivity index (χ0n) is 16.1. The number of ether oxygens (including phenoxy) is 1. The Morgan fingerprint density at radius 1 is 1.36 bits per heavy atom. The van der Waals surface area contributed by atoms with Gasteiger partial charge in [0.25, 0.3) is 0 Å². The summed E-state index contributed by atoms with van der Waals surface area (Å²) in [4.78, 5) is 31.9. The van der Waals surface area contributed by atoms with Gasteiger partial charge in [-0.2, -0.15) is 0 Å². The monoisotopic (exact) mass is 401 g/mol. The number of pyridine rings is 1. The predicted octanol–water partition coefficient (Wildman–Crippen LogP) is 2.27. The molecule has 0 unspecified atom stereocenters. The molecule has 0 aromatic carbocycles. The Kier molecular flexibility index (Phi) is 6.01. The second kappa shape index (κ2) is 8.66. The molecule has 1 aliphatic carbocycles. The Hall–Kier alpha value is -1.86. The number of nitrogens with one attached hydrogen (secondary N) is 1. The third-order valence-electron chi connectivity index (χ3n) is 6.02. The number of hydrogen-bond acceptors (Lipinski definition) is 5. The normalized spacial score (nSPS) is 26.6. The van der Waals surface area contributed by atoms with E-state index >= 15 is 0 Å². The van der Waals surface area contributed by atoms with E-state index in [2.05, 4.69) is 16.4 Å². The van der Waals surface area contributed by atoms with Gasteiger partial charge in [0.2, 0.25) is 11.8 Å². The van der Waals surface area contributed by atoms with Gasteiger partial charge in [-0.15, -0.1) is 0 Å². The van der Waals surface area contributed by atoms with Gasteiger partial charge in [0.1, 0.15) is 0 Å². The molecule has 0 bridgehead atoms. The molecule has 1 N–H and O–H groups in total. The molecule has 28 heavy (non-hydrogen) atoms. The molecule has 2 fully saturated rings. The van der Waals surface area contributed by atoms with Crippen molar-refractivity contribution in [2.24, 2.45) is 11.3 Å². The molecule has 150 valence electrons. The van der Waals surface area contributed by atoms with Crippen LogP contribution in [0.2, 0.25) is 0 Å². The zero-order chi connectivity index (χ0) is 19.4. The van der Waals surface area contributed by atoms with Crippen molar-refractivity contribution < 1.29 is 14.3 Å². The topological polar surface area (TPSA) is 71.5 Å². The van der Waals surface area contributed by atoms with Crippen molar-refractivity contribution in [3.63, 3.8) is 0 Å². The molecule has 2 atom stereocenters. The minimum absolute atomic E-state index is 0.0363. The number of thioether (sulfide) groups is 1. The predicted molar refractivity (Wildman–Crippen MR) is 108 cm³/mol. The standard InChI is InChI=1S/C21H27N3O3S/c25-19(13-28-18-8-4-5-9-22-18)24-11-17-12-27-15-21(17,14-24)20(26)23-10-16-6-2-1-3-7-16/h4-6,8-9,17H,1-3,7,10-15H2,(H,23,26)/t17-,21-/m1/s1. The Bertz CT molecular complexity index is 755. The van der Waals surface area contributed by atoms with E-state index in [0.717, 1.165) is 17.9 Å². The maximum atomic E-state index is 13.1. The lowest BCUT2D eigenvalue weighted by Gasteiger charge is -2.26. The molecule has 6 nitrogen and oxygen atoms in total. The molecule has 3 aliphatic rings. The molecular formula is C21H27N3O3S. The van der Waals surface area contributed by atoms with Crippen LogP contribution in [-0.4, -0.2) is 60.3 Å². The van der Waals surface area contributed by atoms with Crippen molar-refractivity contribution >= 4 is 23.6 Å². The summed E-state index contributed by atoms with van der Waals surface area (Å²) in [5.74, 6) is 0.521. The summed E-state index contributed by atoms with van der Waals surface area (Å²) in [6.07, 6.45) is 8.61. The Morgan fingerprint density at radius 2 is 2.29 bits per heavy atom. The van der Waals surface area contributed by atoms with Crippen LogP contribution >= 0.6 is 11.8 Å². The van der Waals surface area contributed by atoms with Crippen LogP contribution < -0.4 is 5.32 Å². The van der Waals surface area contributed by atoms with Gasteiger partial charge in [0, 0.05) is 31.7 Å². The van der Waals surface area contributed by atoms with E-state index in [1.807, 2.05) is 23.1 Å². The van der Waals surface area contributed by atoms with E-state index in [-0.39, 0.29) is 17.7 Å². The minimum atomic E-state index is -0.597. The fourth-order valence-electron chi connectivity index (χ4n) is 4.34. The Balaban J connectivity index is 1.35. The van der Waals surface area contributed by atoms with Gasteiger partial charge in [-0.1, -0.05) is 29.5 Å². The van der Waals surface area contributed by atoms with Crippen LogP contribution in [0.5, 0.6) is 0 Å². The van der Waals surface area contributed by atoms with Crippen molar-refractivity contribution in [1.82, 2.24) is 15.2 Å². The Labute approximate surface area is 170 Å². The number of nitrogens with zero attached hydrogens (tertiary/aromatic N) is 2. The number of allylic oxidation sites excluding steroid dienone is 1. The molecule has 0 saturated carbocycles. The molecule has 7 heteroatoms. The molecule has 2 saturated heterocycles. The third kappa shape index (κ3) is 4.10. The van der Waals surface area contributed by atoms with Gasteiger partial charge in [-0.25, -0.2) is 4.98 Å². The van der Waals surface area contributed by atoms with Crippen LogP contribution in [0.1, 0.15) is 25.7 Å². The second-order valence-corrected chi connectivity index (χ2v) is 8.89. The molecule has 3 heterocycles. The maximum Gasteiger partial charge on any atom is 0.233 e. The van der Waals surface area contributed by atoms with Crippen molar-refractivity contribution in [2.75, 3.05) is 38.6 Å². The van der Waals surface area contributed by atoms with Gasteiger partial charge in [-0.05, 0) is 37.8 Å². The quantitative estimate of drug-likeness (QED) is 0.585. The van der Waals surface area contributed by atoms with Crippen molar-refractivity contribution in [3.05, 3.63) is 36.0 Å². The Morgan fingerprint density at radius 3 is 3.07 bits per heavy atom. The van der Waals surface area contributed by atoms with Crippen LogP contribution in [-0.2, 0) is 14.3 Å². The molecular weight excluding hydrogens is 374 g/mol. The lowest BCUT2D eigenvalue weighted by molar-refractivity contribution is -0.133. The van der Waals surface area contributed by atoms with E-state index in [1.54, 1.807) is 6.20 Å². The molecule has 1 aromatic heterocycles. The van der Waals surface area contributed by atoms with Gasteiger partial charge in [0.15, 0.2) is 0 Å². The SMILES string of the molecule is O=C(CSc1ccccn1)N1C[C@@H]2COC[C@]2(C(=O)NCC2=CCCCC2)C1. The van der Waals surface area contributed by atoms with Gasteiger partial charge < -0.3 is 15.0 Å². The zero-order valence-corrected chi connectivity index (χ0v) is 16.9. The number of amides is 2. The molecule has 2 aliphatic heterocycles. The summed E-state index contributed by atoms with van der Waals surface area (Å²) in [7, 11) is 0. The van der Waals surface area contributed by atoms with Crippen LogP contribution in [0.4, 0.5) is 0 Å². The summed E-state index contributed by atoms with van der Waals surface area (Å²) < 4.78 is 5.66. The molecule has 1 aromatic rings. The summed E-state index contributed by atoms with van der Waals surface area (Å²) >= 11 is 1.44. The molecule has 0 spiro atoms. The molecule has 4 rings (SSSR count). The highest BCUT2D eigenvalue weighted by Crippen LogP contribution is 2.42. The number of hydrogen-bond donors (Lipinski definition) is 1. The van der Waals surface area contributed by atoms with Crippen molar-refractivity contribution in [1.29, 1.82) is 0 Å². The summed E-state index contributed by atoms with van der Waals surface area (Å²) in [5, 5.41) is 3.97. The largest absolute Gasteiger partial charge is 0.380 e. The fraction of sp³-hybridized carbons (Fsp3) is 0.571. The first kappa shape index (κ1) is 19.5. The van der Waals surface area contributed by atoms with Crippen LogP contribution in [0.3, 0.4) is 0 Å². The van der Waals surface area contributed by atoms with Gasteiger partial charge >= 0.3 is 0 Å². The number of carbonyl (C=O) groups is 2. The maximum absolute atomic E-state index is 13.1. The number of rotatable bonds is 6. The summed E-state index contributed by atoms with van der Waals surface area (Å²) in [5.41, 5.74) is 0.727. The van der Waals surface area contributed by atoms with E-state index in [4.69, 9.17) is 4.74 Å². The summed E-state index contributed by atoms with van der Waals surface area (Å²) in [6.45, 7) is 2.62. The highest BCUT2D eigenvalue weighted by Gasteiger charge is 2.56. The molecule has 0 radical (unpaired) electrons.